The molecule has 3 aliphatic rings. The van der Waals surface area contributed by atoms with Crippen molar-refractivity contribution in [2.45, 2.75) is 45.6 Å². The average Bonchev–Trinajstić information content (AvgIpc) is 3.19. The molecule has 7 heteroatoms. The standard InChI is InChI=1S/C32H32BrN3O3/c1-3-39-30(37)24-9-12-27(13-10-24)36-31(38)32(21(2)34-36)20-25-19-26(33)11-14-28(25)35-16-15-23(18-29(32)35)17-22-7-5-4-6-8-22/h4-14,19,23,29H,3,15-18,20H2,1-2H3/t23-,29+,32-/m0/s1. The van der Waals surface area contributed by atoms with Crippen LogP contribution in [0.1, 0.15) is 48.2 Å². The first kappa shape index (κ1) is 25.8. The summed E-state index contributed by atoms with van der Waals surface area (Å²) in [5.41, 5.74) is 4.96. The summed E-state index contributed by atoms with van der Waals surface area (Å²) in [7, 11) is 0. The Balaban J connectivity index is 1.36. The summed E-state index contributed by atoms with van der Waals surface area (Å²) < 4.78 is 6.13. The number of anilines is 2. The maximum atomic E-state index is 14.5. The molecule has 3 aromatic carbocycles. The zero-order valence-corrected chi connectivity index (χ0v) is 23.9. The second kappa shape index (κ2) is 10.3. The van der Waals surface area contributed by atoms with Crippen molar-refractivity contribution < 1.29 is 14.3 Å². The van der Waals surface area contributed by atoms with E-state index in [0.29, 0.717) is 30.2 Å². The minimum atomic E-state index is -0.747. The van der Waals surface area contributed by atoms with Crippen LogP contribution in [0.4, 0.5) is 11.4 Å². The van der Waals surface area contributed by atoms with Gasteiger partial charge in [-0.05, 0) is 99.0 Å². The Morgan fingerprint density at radius 2 is 1.87 bits per heavy atom. The second-order valence-electron chi connectivity index (χ2n) is 10.8. The van der Waals surface area contributed by atoms with Crippen LogP contribution < -0.4 is 9.91 Å². The van der Waals surface area contributed by atoms with E-state index < -0.39 is 5.41 Å². The summed E-state index contributed by atoms with van der Waals surface area (Å²) in [6, 6.07) is 24.1. The third-order valence-electron chi connectivity index (χ3n) is 8.56. The number of fused-ring (bicyclic) bond motifs is 4. The second-order valence-corrected chi connectivity index (χ2v) is 11.7. The maximum absolute atomic E-state index is 14.5. The number of hydrogen-bond acceptors (Lipinski definition) is 5. The molecule has 0 aromatic heterocycles. The molecule has 1 amide bonds. The highest BCUT2D eigenvalue weighted by atomic mass is 79.9. The first-order chi connectivity index (χ1) is 18.9. The van der Waals surface area contributed by atoms with E-state index >= 15 is 0 Å². The van der Waals surface area contributed by atoms with Gasteiger partial charge in [0.25, 0.3) is 5.91 Å². The van der Waals surface area contributed by atoms with E-state index in [1.165, 1.54) is 16.8 Å². The Kier molecular flexibility index (Phi) is 6.79. The number of piperidine rings is 1. The monoisotopic (exact) mass is 585 g/mol. The molecular formula is C32H32BrN3O3. The number of hydrazone groups is 1. The number of carbonyl (C=O) groups excluding carboxylic acids is 2. The van der Waals surface area contributed by atoms with Gasteiger partial charge in [0.15, 0.2) is 0 Å². The van der Waals surface area contributed by atoms with Crippen LogP contribution in [-0.4, -0.2) is 36.8 Å². The molecule has 3 aromatic rings. The van der Waals surface area contributed by atoms with Gasteiger partial charge in [-0.15, -0.1) is 0 Å². The van der Waals surface area contributed by atoms with Crippen molar-refractivity contribution in [3.8, 4) is 0 Å². The van der Waals surface area contributed by atoms with Crippen molar-refractivity contribution in [2.24, 2.45) is 16.4 Å². The number of halogens is 1. The highest BCUT2D eigenvalue weighted by Gasteiger charge is 2.59. The predicted octanol–water partition coefficient (Wildman–Crippen LogP) is 6.42. The van der Waals surface area contributed by atoms with Crippen LogP contribution in [0.15, 0.2) is 82.4 Å². The van der Waals surface area contributed by atoms with Crippen molar-refractivity contribution in [3.05, 3.63) is 94.0 Å². The zero-order chi connectivity index (χ0) is 27.1. The Labute approximate surface area is 237 Å². The molecule has 0 unspecified atom stereocenters. The van der Waals surface area contributed by atoms with E-state index in [1.54, 1.807) is 36.2 Å². The van der Waals surface area contributed by atoms with Crippen LogP contribution in [0.3, 0.4) is 0 Å². The molecule has 3 heterocycles. The third-order valence-corrected chi connectivity index (χ3v) is 9.05. The first-order valence-electron chi connectivity index (χ1n) is 13.7. The van der Waals surface area contributed by atoms with Crippen LogP contribution >= 0.6 is 15.9 Å². The number of amides is 1. The van der Waals surface area contributed by atoms with E-state index in [2.05, 4.69) is 69.4 Å². The lowest BCUT2D eigenvalue weighted by Crippen LogP contribution is -2.62. The van der Waals surface area contributed by atoms with Gasteiger partial charge >= 0.3 is 5.97 Å². The van der Waals surface area contributed by atoms with Crippen LogP contribution in [0, 0.1) is 11.3 Å². The zero-order valence-electron chi connectivity index (χ0n) is 22.3. The fourth-order valence-electron chi connectivity index (χ4n) is 6.66. The van der Waals surface area contributed by atoms with Crippen LogP contribution in [0.5, 0.6) is 0 Å². The van der Waals surface area contributed by atoms with Gasteiger partial charge in [0.05, 0.1) is 23.6 Å². The van der Waals surface area contributed by atoms with Crippen LogP contribution in [-0.2, 0) is 22.4 Å². The van der Waals surface area contributed by atoms with Gasteiger partial charge in [0, 0.05) is 22.7 Å². The minimum Gasteiger partial charge on any atom is -0.462 e. The molecule has 0 bridgehead atoms. The van der Waals surface area contributed by atoms with Crippen molar-refractivity contribution in [3.63, 3.8) is 0 Å². The normalized spacial score (nSPS) is 23.9. The molecule has 0 N–H and O–H groups in total. The first-order valence-corrected chi connectivity index (χ1v) is 14.5. The van der Waals surface area contributed by atoms with Crippen molar-refractivity contribution in [1.29, 1.82) is 0 Å². The molecule has 3 atom stereocenters. The lowest BCUT2D eigenvalue weighted by atomic mass is 9.64. The SMILES string of the molecule is CCOC(=O)c1ccc(N2N=C(C)[C@]3(Cc4cc(Br)ccc4N4CC[C@@H](Cc5ccccc5)C[C@@H]43)C2=O)cc1. The van der Waals surface area contributed by atoms with Crippen molar-refractivity contribution in [2.75, 3.05) is 23.1 Å². The summed E-state index contributed by atoms with van der Waals surface area (Å²) in [6.07, 6.45) is 3.64. The summed E-state index contributed by atoms with van der Waals surface area (Å²) >= 11 is 3.65. The van der Waals surface area contributed by atoms with Crippen molar-refractivity contribution in [1.82, 2.24) is 0 Å². The highest BCUT2D eigenvalue weighted by molar-refractivity contribution is 9.10. The lowest BCUT2D eigenvalue weighted by molar-refractivity contribution is -0.125. The van der Waals surface area contributed by atoms with Crippen LogP contribution in [0.2, 0.25) is 0 Å². The third kappa shape index (κ3) is 4.46. The van der Waals surface area contributed by atoms with E-state index in [0.717, 1.165) is 36.0 Å². The fraction of sp³-hybridized carbons (Fsp3) is 0.344. The molecule has 0 aliphatic carbocycles. The summed E-state index contributed by atoms with van der Waals surface area (Å²) in [5, 5.41) is 6.42. The summed E-state index contributed by atoms with van der Waals surface area (Å²) in [6.45, 7) is 5.02. The number of rotatable bonds is 5. The van der Waals surface area contributed by atoms with Crippen LogP contribution in [0.25, 0.3) is 0 Å². The molecule has 0 radical (unpaired) electrons. The number of nitrogens with zero attached hydrogens (tertiary/aromatic N) is 3. The summed E-state index contributed by atoms with van der Waals surface area (Å²) in [5.74, 6) is 0.121. The Morgan fingerprint density at radius 1 is 1.10 bits per heavy atom. The quantitative estimate of drug-likeness (QED) is 0.324. The maximum Gasteiger partial charge on any atom is 0.338 e. The number of carbonyl (C=O) groups is 2. The molecule has 1 spiro atoms. The molecule has 200 valence electrons. The topological polar surface area (TPSA) is 62.2 Å². The number of benzene rings is 3. The minimum absolute atomic E-state index is 0.00451. The predicted molar refractivity (Wildman–Crippen MR) is 157 cm³/mol. The molecule has 3 aliphatic heterocycles. The van der Waals surface area contributed by atoms with Gasteiger partial charge in [-0.2, -0.15) is 10.1 Å². The molecule has 39 heavy (non-hydrogen) atoms. The van der Waals surface area contributed by atoms with E-state index in [1.807, 2.05) is 6.92 Å². The molecule has 6 rings (SSSR count). The Hall–Kier alpha value is -3.45. The molecule has 0 saturated carbocycles. The average molecular weight is 587 g/mol. The number of hydrogen-bond donors (Lipinski definition) is 0. The van der Waals surface area contributed by atoms with Gasteiger partial charge in [-0.25, -0.2) is 4.79 Å². The van der Waals surface area contributed by atoms with Gasteiger partial charge < -0.3 is 9.64 Å². The van der Waals surface area contributed by atoms with E-state index in [-0.39, 0.29) is 17.9 Å². The highest BCUT2D eigenvalue weighted by Crippen LogP contribution is 2.51. The Morgan fingerprint density at radius 3 is 2.62 bits per heavy atom. The largest absolute Gasteiger partial charge is 0.462 e. The van der Waals surface area contributed by atoms with Crippen molar-refractivity contribution >= 4 is 44.9 Å². The fourth-order valence-corrected chi connectivity index (χ4v) is 7.07. The Bertz CT molecular complexity index is 1440. The van der Waals surface area contributed by atoms with Gasteiger partial charge in [-0.3, -0.25) is 4.79 Å². The molecular weight excluding hydrogens is 554 g/mol. The summed E-state index contributed by atoms with van der Waals surface area (Å²) in [4.78, 5) is 29.1. The lowest BCUT2D eigenvalue weighted by Gasteiger charge is -2.52. The smallest absolute Gasteiger partial charge is 0.338 e. The molecule has 1 fully saturated rings. The number of ether oxygens (including phenoxy) is 1. The van der Waals surface area contributed by atoms with E-state index in [4.69, 9.17) is 9.84 Å². The molecule has 6 nitrogen and oxygen atoms in total. The molecule has 1 saturated heterocycles. The van der Waals surface area contributed by atoms with Gasteiger partial charge in [0.2, 0.25) is 0 Å². The number of esters is 1. The van der Waals surface area contributed by atoms with Gasteiger partial charge in [-0.1, -0.05) is 46.3 Å². The van der Waals surface area contributed by atoms with Gasteiger partial charge in [0.1, 0.15) is 5.41 Å². The van der Waals surface area contributed by atoms with E-state index in [9.17, 15) is 9.59 Å².